The molecule has 32 nitrogen and oxygen atoms in total. The Labute approximate surface area is 406 Å². The second-order valence-corrected chi connectivity index (χ2v) is 18.7. The monoisotopic (exact) mass is 1050 g/mol. The first-order valence-corrected chi connectivity index (χ1v) is 23.0. The molecule has 0 amide bonds. The summed E-state index contributed by atoms with van der Waals surface area (Å²) in [6.45, 7) is -7.64. The van der Waals surface area contributed by atoms with E-state index in [1.54, 1.807) is 6.07 Å². The molecule has 0 spiro atoms. The number of rotatable bonds is 4. The van der Waals surface area contributed by atoms with Gasteiger partial charge in [0.1, 0.15) is 153 Å². The Balaban J connectivity index is 1.21. The van der Waals surface area contributed by atoms with Crippen LogP contribution < -0.4 is 0 Å². The molecule has 32 heteroatoms. The predicted octanol–water partition coefficient (Wildman–Crippen LogP) is -12.7. The SMILES string of the molecule is N#CC1(O)COC[C@H]2O[C@@H]3O[C@H]4C(O)[C@@H](O)[C@H](O[C@@H]4CO)O[C@H]4C(O)[C@@H](O)[C@@H](O[C@H]5[C@H](O)[C@@H](O)[C@@H](O[C@H]6[C@H](O)[C@@H](O)[C@@H](O[C@H]7[C@H](O)[C@@H](O)[C@@H](O[C@H]2[C@H](O)[C@H]3O)O[C@@H]7CO)O[C@@H]6CO)O[C@@H]5COC1)O[C@@H]4CO. The number of nitriles is 1. The summed E-state index contributed by atoms with van der Waals surface area (Å²) in [4.78, 5) is 0. The van der Waals surface area contributed by atoms with E-state index in [-0.39, 0.29) is 0 Å². The van der Waals surface area contributed by atoms with E-state index in [0.29, 0.717) is 0 Å². The molecule has 3 unspecified atom stereocenters. The summed E-state index contributed by atoms with van der Waals surface area (Å²) in [6.07, 6.45) is -59.9. The van der Waals surface area contributed by atoms with E-state index in [2.05, 4.69) is 0 Å². The van der Waals surface area contributed by atoms with Crippen LogP contribution in [0.3, 0.4) is 0 Å². The second kappa shape index (κ2) is 23.5. The van der Waals surface area contributed by atoms with Crippen LogP contribution in [0.25, 0.3) is 0 Å². The molecule has 0 aromatic heterocycles. The minimum Gasteiger partial charge on any atom is -0.394 e. The van der Waals surface area contributed by atoms with Crippen molar-refractivity contribution in [3.8, 4) is 6.07 Å². The number of fused-ring (bicyclic) bond motifs is 4. The first-order valence-electron chi connectivity index (χ1n) is 23.0. The van der Waals surface area contributed by atoms with Crippen molar-refractivity contribution in [2.45, 2.75) is 190 Å². The molecule has 12 aliphatic heterocycles. The van der Waals surface area contributed by atoms with Crippen LogP contribution in [0.1, 0.15) is 0 Å². The van der Waals surface area contributed by atoms with Crippen molar-refractivity contribution in [3.05, 3.63) is 0 Å². The lowest BCUT2D eigenvalue weighted by Crippen LogP contribution is -2.69. The first kappa shape index (κ1) is 56.5. The highest BCUT2D eigenvalue weighted by molar-refractivity contribution is 5.03. The molecule has 0 aromatic carbocycles. The van der Waals surface area contributed by atoms with Crippen LogP contribution in [0.4, 0.5) is 0 Å². The lowest BCUT2D eigenvalue weighted by atomic mass is 9.94. The summed E-state index contributed by atoms with van der Waals surface area (Å²) in [6, 6.07) is 1.59. The summed E-state index contributed by atoms with van der Waals surface area (Å²) in [5, 5.41) is 200. The summed E-state index contributed by atoms with van der Waals surface area (Å²) < 4.78 is 81.1. The van der Waals surface area contributed by atoms with Gasteiger partial charge in [-0.15, -0.1) is 0 Å². The topological polar surface area (TPSA) is 497 Å². The lowest BCUT2D eigenvalue weighted by molar-refractivity contribution is -0.404. The van der Waals surface area contributed by atoms with Gasteiger partial charge in [-0.05, 0) is 0 Å². The number of aliphatic hydroxyl groups excluding tert-OH is 16. The molecule has 12 bridgehead atoms. The summed E-state index contributed by atoms with van der Waals surface area (Å²) >= 11 is 0. The summed E-state index contributed by atoms with van der Waals surface area (Å²) in [5.74, 6) is 0. The van der Waals surface area contributed by atoms with Crippen molar-refractivity contribution in [2.24, 2.45) is 0 Å². The van der Waals surface area contributed by atoms with Crippen molar-refractivity contribution >= 4 is 0 Å². The molecule has 17 N–H and O–H groups in total. The highest BCUT2D eigenvalue weighted by Gasteiger charge is 2.59. The maximum absolute atomic E-state index is 11.6. The standard InChI is InChI=1S/C40H63NO31/c41-7-40(58)8-59-5-14-32-20(50)26(56)38(65-14)70-31-13(4-45)62-35(23(53)17(31)47)68-29-11(2-43)64-37(25(55)19(29)49)72-33-15(6-60-9-40)66-39(27(57)21(33)51)69-30-12(3-44)61-34(22(52)16(30)46)67-28-10(1-42)63-36(71-32)24(54)18(28)48/h10-39,42-58H,1-6,8-9H2/t10-,11-,12-,13-,14-,15-,16-,17?,18-,19?,20-,21-,22-,23-,24-,25-,26-,27-,28-,29-,30-,31-,32-,33-,34-,35-,36-,37-,38-,39-,40?/m1/s1. The average Bonchev–Trinajstić information content (AvgIpc) is 3.36. The van der Waals surface area contributed by atoms with E-state index in [0.717, 1.165) is 0 Å². The molecule has 0 radical (unpaired) electrons. The van der Waals surface area contributed by atoms with Crippen molar-refractivity contribution in [1.82, 2.24) is 0 Å². The third-order valence-corrected chi connectivity index (χ3v) is 13.8. The fourth-order valence-corrected chi connectivity index (χ4v) is 9.70. The van der Waals surface area contributed by atoms with Gasteiger partial charge in [-0.2, -0.15) is 5.26 Å². The molecular weight excluding hydrogens is 990 g/mol. The number of ether oxygens (including phenoxy) is 14. The Morgan fingerprint density at radius 3 is 0.792 bits per heavy atom. The van der Waals surface area contributed by atoms with E-state index >= 15 is 0 Å². The van der Waals surface area contributed by atoms with Crippen LogP contribution in [-0.2, 0) is 66.3 Å². The second-order valence-electron chi connectivity index (χ2n) is 18.7. The average molecular weight is 1050 g/mol. The molecule has 12 fully saturated rings. The zero-order chi connectivity index (χ0) is 52.1. The summed E-state index contributed by atoms with van der Waals surface area (Å²) in [7, 11) is 0. The molecule has 0 aliphatic carbocycles. The van der Waals surface area contributed by atoms with Crippen LogP contribution in [0.15, 0.2) is 0 Å². The highest BCUT2D eigenvalue weighted by Crippen LogP contribution is 2.38. The van der Waals surface area contributed by atoms with Crippen LogP contribution >= 0.6 is 0 Å². The number of nitrogens with zero attached hydrogens (tertiary/aromatic N) is 1. The normalized spacial score (nSPS) is 55.1. The van der Waals surface area contributed by atoms with E-state index in [1.807, 2.05) is 0 Å². The molecule has 0 saturated carbocycles. The molecule has 31 atom stereocenters. The molecule has 12 aliphatic rings. The van der Waals surface area contributed by atoms with Crippen molar-refractivity contribution in [2.75, 3.05) is 52.9 Å². The van der Waals surface area contributed by atoms with Crippen molar-refractivity contribution in [1.29, 1.82) is 5.26 Å². The van der Waals surface area contributed by atoms with E-state index in [4.69, 9.17) is 66.3 Å². The molecule has 12 heterocycles. The van der Waals surface area contributed by atoms with Gasteiger partial charge in [-0.3, -0.25) is 0 Å². The van der Waals surface area contributed by atoms with Crippen molar-refractivity contribution in [3.63, 3.8) is 0 Å². The van der Waals surface area contributed by atoms with Gasteiger partial charge < -0.3 is 153 Å². The van der Waals surface area contributed by atoms with Gasteiger partial charge in [0.25, 0.3) is 0 Å². The minimum absolute atomic E-state index is 0.818. The zero-order valence-corrected chi connectivity index (χ0v) is 37.7. The fraction of sp³-hybridized carbons (Fsp3) is 0.975. The Morgan fingerprint density at radius 1 is 0.333 bits per heavy atom. The number of hydrogen-bond acceptors (Lipinski definition) is 32. The molecule has 12 rings (SSSR count). The van der Waals surface area contributed by atoms with Gasteiger partial charge in [-0.1, -0.05) is 0 Å². The Hall–Kier alpha value is -1.75. The third-order valence-electron chi connectivity index (χ3n) is 13.8. The molecule has 12 saturated heterocycles. The maximum Gasteiger partial charge on any atom is 0.197 e. The van der Waals surface area contributed by atoms with Gasteiger partial charge >= 0.3 is 0 Å². The first-order chi connectivity index (χ1) is 34.3. The number of aliphatic hydroxyl groups is 17. The maximum atomic E-state index is 11.6. The van der Waals surface area contributed by atoms with Crippen LogP contribution in [0.5, 0.6) is 0 Å². The number of hydrogen-bond donors (Lipinski definition) is 17. The zero-order valence-electron chi connectivity index (χ0n) is 37.7. The van der Waals surface area contributed by atoms with E-state index in [9.17, 15) is 92.1 Å². The minimum atomic E-state index is -2.61. The fourth-order valence-electron chi connectivity index (χ4n) is 9.70. The van der Waals surface area contributed by atoms with Crippen LogP contribution in [0.2, 0.25) is 0 Å². The quantitative estimate of drug-likeness (QED) is 0.116. The van der Waals surface area contributed by atoms with Gasteiger partial charge in [-0.25, -0.2) is 0 Å². The Bertz CT molecular complexity index is 1660. The lowest BCUT2D eigenvalue weighted by Gasteiger charge is -2.50. The largest absolute Gasteiger partial charge is 0.394 e. The predicted molar refractivity (Wildman–Crippen MR) is 214 cm³/mol. The van der Waals surface area contributed by atoms with E-state index in [1.165, 1.54) is 0 Å². The third kappa shape index (κ3) is 11.0. The van der Waals surface area contributed by atoms with E-state index < -0.39 is 243 Å². The van der Waals surface area contributed by atoms with Crippen LogP contribution in [-0.4, -0.2) is 330 Å². The van der Waals surface area contributed by atoms with Gasteiger partial charge in [0.05, 0.1) is 52.9 Å². The molecular formula is C40H63NO31. The summed E-state index contributed by atoms with van der Waals surface area (Å²) in [5.41, 5.74) is -2.61. The Morgan fingerprint density at radius 2 is 0.556 bits per heavy atom. The smallest absolute Gasteiger partial charge is 0.197 e. The van der Waals surface area contributed by atoms with Gasteiger partial charge in [0.2, 0.25) is 0 Å². The highest BCUT2D eigenvalue weighted by atomic mass is 16.8. The van der Waals surface area contributed by atoms with Gasteiger partial charge in [0.15, 0.2) is 43.3 Å². The molecule has 414 valence electrons. The molecule has 0 aromatic rings. The van der Waals surface area contributed by atoms with Crippen molar-refractivity contribution < 1.29 is 153 Å². The van der Waals surface area contributed by atoms with Crippen LogP contribution in [0, 0.1) is 11.3 Å². The molecule has 72 heavy (non-hydrogen) atoms. The Kier molecular flexibility index (Phi) is 18.4. The van der Waals surface area contributed by atoms with Gasteiger partial charge in [0, 0.05) is 0 Å².